The second-order valence-corrected chi connectivity index (χ2v) is 0.707. The van der Waals surface area contributed by atoms with Crippen molar-refractivity contribution >= 4 is 0 Å². The van der Waals surface area contributed by atoms with Crippen LogP contribution < -0.4 is 0 Å². The van der Waals surface area contributed by atoms with Gasteiger partial charge in [-0.3, -0.25) is 0 Å². The van der Waals surface area contributed by atoms with Crippen LogP contribution in [-0.4, -0.2) is 17.9 Å². The molecular weight excluding hydrogens is 162 g/mol. The normalized spacial score (nSPS) is 13.3. The minimum Gasteiger partial charge on any atom is -0.360 e. The first-order valence-corrected chi connectivity index (χ1v) is 1.25. The molecule has 0 spiro atoms. The van der Waals surface area contributed by atoms with Crippen LogP contribution in [-0.2, 0) is 19.5 Å². The molecule has 40 valence electrons. The quantitative estimate of drug-likeness (QED) is 0.562. The second kappa shape index (κ2) is 4.53. The monoisotopic (exact) mass is 164 g/mol. The van der Waals surface area contributed by atoms with E-state index in [1.165, 1.54) is 0 Å². The molecule has 0 fully saturated rings. The van der Waals surface area contributed by atoms with E-state index in [1.54, 1.807) is 0 Å². The third-order valence-electron chi connectivity index (χ3n) is 0.208. The summed E-state index contributed by atoms with van der Waals surface area (Å²) in [6.45, 7) is 0. The first-order chi connectivity index (χ1) is 2.64. The Kier molecular flexibility index (Phi) is 6.71. The van der Waals surface area contributed by atoms with Gasteiger partial charge in [-0.05, 0) is 0 Å². The summed E-state index contributed by atoms with van der Waals surface area (Å²) < 4.78 is 31.7. The van der Waals surface area contributed by atoms with Crippen molar-refractivity contribution in [1.82, 2.24) is 0 Å². The van der Waals surface area contributed by atoms with Gasteiger partial charge in [-0.2, -0.15) is 0 Å². The summed E-state index contributed by atoms with van der Waals surface area (Å²) >= 11 is 0. The standard InChI is InChI=1S/C2H3F3O.Zn/c3-1(4)2(5)6;/h1-2,6H;. The predicted octanol–water partition coefficient (Wildman–Crippen LogP) is 0.537. The van der Waals surface area contributed by atoms with E-state index in [2.05, 4.69) is 0 Å². The molecule has 1 nitrogen and oxygen atoms in total. The molecule has 0 heterocycles. The van der Waals surface area contributed by atoms with Crippen molar-refractivity contribution in [3.8, 4) is 0 Å². The van der Waals surface area contributed by atoms with Crippen LogP contribution >= 0.6 is 0 Å². The van der Waals surface area contributed by atoms with Crippen LogP contribution in [0.1, 0.15) is 0 Å². The Morgan fingerprint density at radius 3 is 1.29 bits per heavy atom. The summed E-state index contributed by atoms with van der Waals surface area (Å²) in [5, 5.41) is 7.21. The van der Waals surface area contributed by atoms with Gasteiger partial charge in [0.05, 0.1) is 0 Å². The molecule has 0 aromatic rings. The molecule has 0 aromatic carbocycles. The molecule has 0 bridgehead atoms. The first kappa shape index (κ1) is 10.4. The van der Waals surface area contributed by atoms with E-state index < -0.39 is 12.8 Å². The molecule has 0 saturated carbocycles. The molecule has 0 aliphatic heterocycles. The molecule has 0 radical (unpaired) electrons. The van der Waals surface area contributed by atoms with Gasteiger partial charge in [0.15, 0.2) is 0 Å². The second-order valence-electron chi connectivity index (χ2n) is 0.707. The van der Waals surface area contributed by atoms with E-state index in [0.717, 1.165) is 0 Å². The van der Waals surface area contributed by atoms with Gasteiger partial charge >= 0.3 is 0 Å². The van der Waals surface area contributed by atoms with Crippen LogP contribution in [0, 0.1) is 0 Å². The molecular formula is C2H3F3OZn. The molecule has 1 atom stereocenters. The van der Waals surface area contributed by atoms with Crippen LogP contribution in [0.2, 0.25) is 0 Å². The average Bonchev–Trinajstić information content (AvgIpc) is 1.36. The van der Waals surface area contributed by atoms with Gasteiger partial charge in [-0.25, -0.2) is 13.2 Å². The van der Waals surface area contributed by atoms with Gasteiger partial charge in [-0.1, -0.05) is 0 Å². The number of rotatable bonds is 1. The molecule has 1 N–H and O–H groups in total. The average molecular weight is 165 g/mol. The maximum atomic E-state index is 10.6. The topological polar surface area (TPSA) is 20.2 Å². The number of alkyl halides is 3. The van der Waals surface area contributed by atoms with Gasteiger partial charge < -0.3 is 5.11 Å². The van der Waals surface area contributed by atoms with Crippen molar-refractivity contribution in [1.29, 1.82) is 0 Å². The molecule has 1 unspecified atom stereocenters. The van der Waals surface area contributed by atoms with Gasteiger partial charge in [0.1, 0.15) is 0 Å². The summed E-state index contributed by atoms with van der Waals surface area (Å²) in [5.74, 6) is 0. The zero-order valence-corrected chi connectivity index (χ0v) is 6.41. The fourth-order valence-electron chi connectivity index (χ4n) is 0. The summed E-state index contributed by atoms with van der Waals surface area (Å²) in [7, 11) is 0. The molecule has 0 saturated heterocycles. The number of aliphatic hydroxyl groups is 1. The Morgan fingerprint density at radius 1 is 1.14 bits per heavy atom. The molecule has 0 amide bonds. The predicted molar refractivity (Wildman–Crippen MR) is 13.1 cm³/mol. The van der Waals surface area contributed by atoms with Crippen molar-refractivity contribution in [3.63, 3.8) is 0 Å². The minimum absolute atomic E-state index is 0. The summed E-state index contributed by atoms with van der Waals surface area (Å²) in [4.78, 5) is 0. The zero-order valence-electron chi connectivity index (χ0n) is 3.44. The fourth-order valence-corrected chi connectivity index (χ4v) is 0. The molecule has 5 heteroatoms. The largest absolute Gasteiger partial charge is 0.360 e. The van der Waals surface area contributed by atoms with E-state index in [4.69, 9.17) is 5.11 Å². The van der Waals surface area contributed by atoms with Crippen LogP contribution in [0.4, 0.5) is 13.2 Å². The van der Waals surface area contributed by atoms with Crippen molar-refractivity contribution in [2.75, 3.05) is 0 Å². The maximum absolute atomic E-state index is 10.6. The molecule has 0 aliphatic carbocycles. The molecule has 7 heavy (non-hydrogen) atoms. The Hall–Kier alpha value is 0.373. The minimum atomic E-state index is -3.26. The summed E-state index contributed by atoms with van der Waals surface area (Å²) in [5.41, 5.74) is 0. The first-order valence-electron chi connectivity index (χ1n) is 1.25. The smallest absolute Gasteiger partial charge is 0.293 e. The van der Waals surface area contributed by atoms with Crippen LogP contribution in [0.25, 0.3) is 0 Å². The van der Waals surface area contributed by atoms with E-state index >= 15 is 0 Å². The SMILES string of the molecule is OC(F)C(F)F.[Zn]. The Morgan fingerprint density at radius 2 is 1.29 bits per heavy atom. The maximum Gasteiger partial charge on any atom is 0.293 e. The van der Waals surface area contributed by atoms with Gasteiger partial charge in [0, 0.05) is 19.5 Å². The summed E-state index contributed by atoms with van der Waals surface area (Å²) in [6, 6.07) is 0. The Labute approximate surface area is 51.3 Å². The third kappa shape index (κ3) is 6.37. The zero-order chi connectivity index (χ0) is 5.15. The molecule has 0 rings (SSSR count). The van der Waals surface area contributed by atoms with E-state index in [0.29, 0.717) is 0 Å². The van der Waals surface area contributed by atoms with Gasteiger partial charge in [0.2, 0.25) is 0 Å². The van der Waals surface area contributed by atoms with E-state index in [-0.39, 0.29) is 19.5 Å². The number of aliphatic hydroxyl groups excluding tert-OH is 1. The number of hydrogen-bond donors (Lipinski definition) is 1. The number of hydrogen-bond acceptors (Lipinski definition) is 1. The third-order valence-corrected chi connectivity index (χ3v) is 0.208. The van der Waals surface area contributed by atoms with Crippen LogP contribution in [0.3, 0.4) is 0 Å². The van der Waals surface area contributed by atoms with E-state index in [1.807, 2.05) is 0 Å². The van der Waals surface area contributed by atoms with Gasteiger partial charge in [-0.15, -0.1) is 0 Å². The van der Waals surface area contributed by atoms with Crippen LogP contribution in [0.5, 0.6) is 0 Å². The van der Waals surface area contributed by atoms with Crippen molar-refractivity contribution in [3.05, 3.63) is 0 Å². The van der Waals surface area contributed by atoms with Gasteiger partial charge in [0.25, 0.3) is 12.8 Å². The number of halogens is 3. The van der Waals surface area contributed by atoms with Crippen molar-refractivity contribution < 1.29 is 37.8 Å². The Balaban J connectivity index is 0. The van der Waals surface area contributed by atoms with Crippen molar-refractivity contribution in [2.45, 2.75) is 12.8 Å². The Bertz CT molecular complexity index is 33.9. The van der Waals surface area contributed by atoms with Crippen molar-refractivity contribution in [2.24, 2.45) is 0 Å². The van der Waals surface area contributed by atoms with E-state index in [9.17, 15) is 13.2 Å². The van der Waals surface area contributed by atoms with Crippen LogP contribution in [0.15, 0.2) is 0 Å². The molecule has 0 aliphatic rings. The molecule has 0 aromatic heterocycles. The fraction of sp³-hybridized carbons (Fsp3) is 1.00. The summed E-state index contributed by atoms with van der Waals surface area (Å²) in [6.07, 6.45) is -6.24.